The number of aryl methyl sites for hydroxylation is 1. The number of aromatic amines is 1. The third-order valence-electron chi connectivity index (χ3n) is 2.46. The molecule has 0 saturated heterocycles. The van der Waals surface area contributed by atoms with E-state index in [0.29, 0.717) is 5.82 Å². The third kappa shape index (κ3) is 2.72. The molecule has 4 N–H and O–H groups in total. The molecule has 0 aliphatic carbocycles. The number of aromatic carboxylic acids is 1. The molecular formula is C11H11N3O5S. The molecule has 0 saturated carbocycles. The third-order valence-corrected chi connectivity index (χ3v) is 3.73. The molecule has 0 radical (unpaired) electrons. The summed E-state index contributed by atoms with van der Waals surface area (Å²) in [5, 5.41) is 18.2. The first-order valence-corrected chi connectivity index (χ1v) is 6.88. The van der Waals surface area contributed by atoms with Crippen molar-refractivity contribution in [2.24, 2.45) is 0 Å². The van der Waals surface area contributed by atoms with Crippen molar-refractivity contribution in [3.05, 3.63) is 35.8 Å². The van der Waals surface area contributed by atoms with Crippen molar-refractivity contribution in [3.8, 4) is 5.75 Å². The van der Waals surface area contributed by atoms with Gasteiger partial charge in [0.1, 0.15) is 11.6 Å². The number of carboxylic acids is 1. The molecule has 20 heavy (non-hydrogen) atoms. The minimum Gasteiger partial charge on any atom is -0.506 e. The smallest absolute Gasteiger partial charge is 0.335 e. The molecule has 106 valence electrons. The van der Waals surface area contributed by atoms with Crippen LogP contribution in [-0.2, 0) is 10.0 Å². The molecule has 0 atom stereocenters. The van der Waals surface area contributed by atoms with Gasteiger partial charge in [-0.3, -0.25) is 4.72 Å². The molecule has 0 spiro atoms. The van der Waals surface area contributed by atoms with Crippen LogP contribution in [0.1, 0.15) is 16.2 Å². The number of phenolic OH excluding ortho intramolecular Hbond substituents is 1. The first-order valence-electron chi connectivity index (χ1n) is 5.40. The number of rotatable bonds is 4. The molecule has 1 heterocycles. The van der Waals surface area contributed by atoms with Crippen LogP contribution in [0.25, 0.3) is 0 Å². The highest BCUT2D eigenvalue weighted by molar-refractivity contribution is 7.92. The maximum atomic E-state index is 12.0. The summed E-state index contributed by atoms with van der Waals surface area (Å²) in [5.41, 5.74) is -0.273. The zero-order valence-electron chi connectivity index (χ0n) is 10.3. The first kappa shape index (κ1) is 13.9. The Labute approximate surface area is 114 Å². The Morgan fingerprint density at radius 1 is 1.40 bits per heavy atom. The van der Waals surface area contributed by atoms with Crippen LogP contribution >= 0.6 is 0 Å². The van der Waals surface area contributed by atoms with Gasteiger partial charge in [0.15, 0.2) is 5.03 Å². The lowest BCUT2D eigenvalue weighted by atomic mass is 10.2. The Balaban J connectivity index is 2.32. The fraction of sp³-hybridized carbons (Fsp3) is 0.0909. The summed E-state index contributed by atoms with van der Waals surface area (Å²) in [4.78, 5) is 17.0. The van der Waals surface area contributed by atoms with Gasteiger partial charge in [-0.05, 0) is 25.1 Å². The van der Waals surface area contributed by atoms with Crippen molar-refractivity contribution in [2.75, 3.05) is 4.72 Å². The fourth-order valence-electron chi connectivity index (χ4n) is 1.49. The molecular weight excluding hydrogens is 286 g/mol. The standard InChI is InChI=1S/C11H11N3O5S/c1-6-12-5-10(13-6)20(18,19)14-8-3-2-7(11(16)17)4-9(8)15/h2-5,14-15H,1H3,(H,12,13)(H,16,17). The van der Waals surface area contributed by atoms with E-state index in [1.54, 1.807) is 6.92 Å². The second-order valence-electron chi connectivity index (χ2n) is 3.98. The normalized spacial score (nSPS) is 11.2. The van der Waals surface area contributed by atoms with E-state index in [2.05, 4.69) is 14.7 Å². The summed E-state index contributed by atoms with van der Waals surface area (Å²) in [7, 11) is -3.92. The molecule has 0 fully saturated rings. The second kappa shape index (κ2) is 4.85. The largest absolute Gasteiger partial charge is 0.506 e. The highest BCUT2D eigenvalue weighted by Crippen LogP contribution is 2.26. The van der Waals surface area contributed by atoms with Crippen molar-refractivity contribution >= 4 is 21.7 Å². The fourth-order valence-corrected chi connectivity index (χ4v) is 2.53. The van der Waals surface area contributed by atoms with Gasteiger partial charge in [0, 0.05) is 0 Å². The molecule has 1 aromatic heterocycles. The number of nitrogens with one attached hydrogen (secondary N) is 2. The lowest BCUT2D eigenvalue weighted by Gasteiger charge is -2.08. The lowest BCUT2D eigenvalue weighted by molar-refractivity contribution is 0.0696. The summed E-state index contributed by atoms with van der Waals surface area (Å²) in [5.74, 6) is -1.28. The van der Waals surface area contributed by atoms with Crippen LogP contribution in [0.5, 0.6) is 5.75 Å². The summed E-state index contributed by atoms with van der Waals surface area (Å²) >= 11 is 0. The quantitative estimate of drug-likeness (QED) is 0.620. The molecule has 1 aromatic carbocycles. The SMILES string of the molecule is Cc1ncc(S(=O)(=O)Nc2ccc(C(=O)O)cc2O)[nH]1. The van der Waals surface area contributed by atoms with Gasteiger partial charge in [0.05, 0.1) is 17.4 Å². The maximum absolute atomic E-state index is 12.0. The van der Waals surface area contributed by atoms with Crippen molar-refractivity contribution in [1.82, 2.24) is 9.97 Å². The average molecular weight is 297 g/mol. The van der Waals surface area contributed by atoms with E-state index in [1.807, 2.05) is 0 Å². The van der Waals surface area contributed by atoms with Crippen LogP contribution in [0.2, 0.25) is 0 Å². The van der Waals surface area contributed by atoms with Crippen molar-refractivity contribution in [2.45, 2.75) is 11.9 Å². The molecule has 0 aliphatic heterocycles. The van der Waals surface area contributed by atoms with Gasteiger partial charge in [-0.25, -0.2) is 9.78 Å². The number of anilines is 1. The molecule has 0 bridgehead atoms. The number of sulfonamides is 1. The van der Waals surface area contributed by atoms with E-state index < -0.39 is 21.7 Å². The predicted octanol–water partition coefficient (Wildman–Crippen LogP) is 0.923. The summed E-state index contributed by atoms with van der Waals surface area (Å²) in [6.45, 7) is 1.60. The Morgan fingerprint density at radius 3 is 2.60 bits per heavy atom. The van der Waals surface area contributed by atoms with Gasteiger partial charge in [0.2, 0.25) is 0 Å². The van der Waals surface area contributed by atoms with Gasteiger partial charge in [0.25, 0.3) is 10.0 Å². The number of phenols is 1. The minimum absolute atomic E-state index is 0.123. The number of hydrogen-bond acceptors (Lipinski definition) is 5. The van der Waals surface area contributed by atoms with Crippen LogP contribution in [0, 0.1) is 6.92 Å². The topological polar surface area (TPSA) is 132 Å². The van der Waals surface area contributed by atoms with Gasteiger partial charge < -0.3 is 15.2 Å². The minimum atomic E-state index is -3.92. The summed E-state index contributed by atoms with van der Waals surface area (Å²) < 4.78 is 26.1. The number of hydrogen-bond donors (Lipinski definition) is 4. The Morgan fingerprint density at radius 2 is 2.10 bits per heavy atom. The van der Waals surface area contributed by atoms with E-state index in [0.717, 1.165) is 12.3 Å². The molecule has 2 rings (SSSR count). The van der Waals surface area contributed by atoms with E-state index in [9.17, 15) is 18.3 Å². The van der Waals surface area contributed by atoms with Crippen LogP contribution in [-0.4, -0.2) is 34.6 Å². The summed E-state index contributed by atoms with van der Waals surface area (Å²) in [6.07, 6.45) is 1.14. The van der Waals surface area contributed by atoms with Crippen LogP contribution in [0.15, 0.2) is 29.4 Å². The maximum Gasteiger partial charge on any atom is 0.335 e. The second-order valence-corrected chi connectivity index (χ2v) is 5.63. The van der Waals surface area contributed by atoms with E-state index in [1.165, 1.54) is 12.1 Å². The number of imidazole rings is 1. The lowest BCUT2D eigenvalue weighted by Crippen LogP contribution is -2.13. The van der Waals surface area contributed by atoms with Gasteiger partial charge in [-0.1, -0.05) is 0 Å². The first-order chi connectivity index (χ1) is 9.29. The molecule has 0 aliphatic rings. The average Bonchev–Trinajstić information content (AvgIpc) is 2.79. The number of aromatic nitrogens is 2. The van der Waals surface area contributed by atoms with Gasteiger partial charge in [-0.2, -0.15) is 8.42 Å². The number of nitrogens with zero attached hydrogens (tertiary/aromatic N) is 1. The predicted molar refractivity (Wildman–Crippen MR) is 69.2 cm³/mol. The van der Waals surface area contributed by atoms with E-state index >= 15 is 0 Å². The Bertz CT molecular complexity index is 766. The van der Waals surface area contributed by atoms with Gasteiger partial charge >= 0.3 is 5.97 Å². The van der Waals surface area contributed by atoms with Crippen LogP contribution < -0.4 is 4.72 Å². The molecule has 0 unspecified atom stereocenters. The highest BCUT2D eigenvalue weighted by Gasteiger charge is 2.19. The van der Waals surface area contributed by atoms with Crippen molar-refractivity contribution in [1.29, 1.82) is 0 Å². The van der Waals surface area contributed by atoms with E-state index in [-0.39, 0.29) is 16.3 Å². The molecule has 9 heteroatoms. The van der Waals surface area contributed by atoms with E-state index in [4.69, 9.17) is 5.11 Å². The number of carbonyl (C=O) groups is 1. The number of aromatic hydroxyl groups is 1. The number of H-pyrrole nitrogens is 1. The van der Waals surface area contributed by atoms with Crippen molar-refractivity contribution in [3.63, 3.8) is 0 Å². The molecule has 8 nitrogen and oxygen atoms in total. The Hall–Kier alpha value is -2.55. The van der Waals surface area contributed by atoms with Crippen molar-refractivity contribution < 1.29 is 23.4 Å². The van der Waals surface area contributed by atoms with Gasteiger partial charge in [-0.15, -0.1) is 0 Å². The van der Waals surface area contributed by atoms with Crippen LogP contribution in [0.3, 0.4) is 0 Å². The highest BCUT2D eigenvalue weighted by atomic mass is 32.2. The summed E-state index contributed by atoms with van der Waals surface area (Å²) in [6, 6.07) is 3.30. The molecule has 0 amide bonds. The Kier molecular flexibility index (Phi) is 3.36. The number of carboxylic acid groups (broad SMARTS) is 1. The monoisotopic (exact) mass is 297 g/mol. The molecule has 2 aromatic rings. The zero-order chi connectivity index (χ0) is 14.9. The van der Waals surface area contributed by atoms with Crippen LogP contribution in [0.4, 0.5) is 5.69 Å². The zero-order valence-corrected chi connectivity index (χ0v) is 11.1. The number of benzene rings is 1.